The molecule has 28 heavy (non-hydrogen) atoms. The van der Waals surface area contributed by atoms with E-state index in [2.05, 4.69) is 51.8 Å². The van der Waals surface area contributed by atoms with Crippen molar-refractivity contribution in [1.29, 1.82) is 0 Å². The van der Waals surface area contributed by atoms with E-state index < -0.39 is 0 Å². The molecule has 0 aliphatic carbocycles. The zero-order valence-corrected chi connectivity index (χ0v) is 17.8. The molecule has 2 N–H and O–H groups in total. The number of likely N-dealkylation sites (N-methyl/N-ethyl adjacent to an activating group) is 1. The molecule has 2 amide bonds. The van der Waals surface area contributed by atoms with E-state index in [1.54, 1.807) is 11.3 Å². The Labute approximate surface area is 171 Å². The average Bonchev–Trinajstić information content (AvgIpc) is 3.15. The number of para-hydroxylation sites is 2. The zero-order valence-electron chi connectivity index (χ0n) is 17.0. The molecule has 1 aliphatic heterocycles. The summed E-state index contributed by atoms with van der Waals surface area (Å²) in [5.74, 6) is 0. The number of urea groups is 1. The van der Waals surface area contributed by atoms with Gasteiger partial charge in [0, 0.05) is 24.5 Å². The predicted molar refractivity (Wildman–Crippen MR) is 116 cm³/mol. The topological polar surface area (TPSA) is 56.8 Å². The highest BCUT2D eigenvalue weighted by Gasteiger charge is 2.24. The van der Waals surface area contributed by atoms with Crippen molar-refractivity contribution < 1.29 is 9.53 Å². The minimum atomic E-state index is -0.190. The van der Waals surface area contributed by atoms with Gasteiger partial charge in [-0.3, -0.25) is 0 Å². The Hall–Kier alpha value is -2.09. The van der Waals surface area contributed by atoms with Gasteiger partial charge < -0.3 is 25.2 Å². The molecule has 3 rings (SSSR count). The molecule has 1 aromatic carbocycles. The molecule has 1 fully saturated rings. The maximum Gasteiger partial charge on any atom is 0.319 e. The number of hydrogen-bond donors (Lipinski definition) is 2. The predicted octanol–water partition coefficient (Wildman–Crippen LogP) is 3.79. The number of carbonyl (C=O) groups excluding carboxylic acids is 1. The van der Waals surface area contributed by atoms with Gasteiger partial charge in [0.15, 0.2) is 0 Å². The van der Waals surface area contributed by atoms with Crippen LogP contribution in [-0.2, 0) is 4.74 Å². The lowest BCUT2D eigenvalue weighted by atomic mass is 10.1. The Morgan fingerprint density at radius 1 is 1.21 bits per heavy atom. The van der Waals surface area contributed by atoms with Crippen molar-refractivity contribution in [3.63, 3.8) is 0 Å². The van der Waals surface area contributed by atoms with Gasteiger partial charge in [-0.25, -0.2) is 4.79 Å². The van der Waals surface area contributed by atoms with Crippen LogP contribution in [0.1, 0.15) is 24.8 Å². The number of nitrogens with zero attached hydrogens (tertiary/aromatic N) is 2. The summed E-state index contributed by atoms with van der Waals surface area (Å²) in [5.41, 5.74) is 1.85. The maximum atomic E-state index is 12.6. The molecule has 0 bridgehead atoms. The van der Waals surface area contributed by atoms with Crippen molar-refractivity contribution >= 4 is 28.7 Å². The van der Waals surface area contributed by atoms with Gasteiger partial charge in [0.2, 0.25) is 0 Å². The standard InChI is InChI=1S/C21H30N4O2S/c1-15-13-25(14-16(2)27-15)18-9-6-5-8-17(18)23-21(26)22-12-19(24(3)4)20-10-7-11-28-20/h5-11,15-16,19H,12-14H2,1-4H3,(H2,22,23,26)/t15-,16-,19+/m1/s1. The number of hydrogen-bond acceptors (Lipinski definition) is 5. The second-order valence-electron chi connectivity index (χ2n) is 7.51. The van der Waals surface area contributed by atoms with Crippen molar-refractivity contribution in [2.45, 2.75) is 32.1 Å². The van der Waals surface area contributed by atoms with Crippen LogP contribution in [0.4, 0.5) is 16.2 Å². The second kappa shape index (κ2) is 9.41. The van der Waals surface area contributed by atoms with Gasteiger partial charge >= 0.3 is 6.03 Å². The first-order valence-corrected chi connectivity index (χ1v) is 10.6. The summed E-state index contributed by atoms with van der Waals surface area (Å²) >= 11 is 1.70. The smallest absolute Gasteiger partial charge is 0.319 e. The van der Waals surface area contributed by atoms with E-state index in [0.29, 0.717) is 6.54 Å². The first-order valence-electron chi connectivity index (χ1n) is 9.68. The fourth-order valence-corrected chi connectivity index (χ4v) is 4.53. The molecule has 0 saturated carbocycles. The molecule has 3 atom stereocenters. The normalized spacial score (nSPS) is 20.8. The van der Waals surface area contributed by atoms with Crippen molar-refractivity contribution in [1.82, 2.24) is 10.2 Å². The monoisotopic (exact) mass is 402 g/mol. The Kier molecular flexibility index (Phi) is 6.93. The van der Waals surface area contributed by atoms with Gasteiger partial charge in [0.1, 0.15) is 0 Å². The summed E-state index contributed by atoms with van der Waals surface area (Å²) in [5, 5.41) is 8.11. The van der Waals surface area contributed by atoms with Crippen LogP contribution in [0.5, 0.6) is 0 Å². The zero-order chi connectivity index (χ0) is 20.1. The van der Waals surface area contributed by atoms with Crippen LogP contribution in [0.2, 0.25) is 0 Å². The highest BCUT2D eigenvalue weighted by atomic mass is 32.1. The number of amides is 2. The number of nitrogens with one attached hydrogen (secondary N) is 2. The average molecular weight is 403 g/mol. The van der Waals surface area contributed by atoms with Gasteiger partial charge in [0.25, 0.3) is 0 Å². The fraction of sp³-hybridized carbons (Fsp3) is 0.476. The van der Waals surface area contributed by atoms with Crippen LogP contribution >= 0.6 is 11.3 Å². The Balaban J connectivity index is 1.64. The number of morpholine rings is 1. The summed E-state index contributed by atoms with van der Waals surface area (Å²) < 4.78 is 5.84. The van der Waals surface area contributed by atoms with Crippen LogP contribution < -0.4 is 15.5 Å². The Morgan fingerprint density at radius 2 is 1.93 bits per heavy atom. The highest BCUT2D eigenvalue weighted by Crippen LogP contribution is 2.28. The van der Waals surface area contributed by atoms with Crippen LogP contribution in [0.15, 0.2) is 41.8 Å². The Bertz CT molecular complexity index is 756. The molecule has 0 unspecified atom stereocenters. The van der Waals surface area contributed by atoms with Gasteiger partial charge in [-0.05, 0) is 51.5 Å². The van der Waals surface area contributed by atoms with E-state index in [0.717, 1.165) is 24.5 Å². The number of carbonyl (C=O) groups is 1. The summed E-state index contributed by atoms with van der Waals surface area (Å²) in [6.07, 6.45) is 0.328. The minimum absolute atomic E-state index is 0.155. The largest absolute Gasteiger partial charge is 0.372 e. The molecule has 2 heterocycles. The third-order valence-electron chi connectivity index (χ3n) is 4.86. The summed E-state index contributed by atoms with van der Waals surface area (Å²) in [6, 6.07) is 12.1. The van der Waals surface area contributed by atoms with Crippen LogP contribution in [0.25, 0.3) is 0 Å². The third-order valence-corrected chi connectivity index (χ3v) is 5.84. The first-order chi connectivity index (χ1) is 13.4. The number of rotatable bonds is 6. The second-order valence-corrected chi connectivity index (χ2v) is 8.49. The molecule has 0 radical (unpaired) electrons. The van der Waals surface area contributed by atoms with E-state index in [1.807, 2.05) is 38.4 Å². The molecule has 2 aromatic rings. The highest BCUT2D eigenvalue weighted by molar-refractivity contribution is 7.10. The van der Waals surface area contributed by atoms with E-state index in [4.69, 9.17) is 4.74 Å². The SMILES string of the molecule is C[C@@H]1CN(c2ccccc2NC(=O)NC[C@@H](c2cccs2)N(C)C)C[C@@H](C)O1. The van der Waals surface area contributed by atoms with E-state index in [9.17, 15) is 4.79 Å². The number of anilines is 2. The quantitative estimate of drug-likeness (QED) is 0.772. The summed E-state index contributed by atoms with van der Waals surface area (Å²) in [4.78, 5) is 18.2. The molecule has 152 valence electrons. The van der Waals surface area contributed by atoms with Crippen LogP contribution in [-0.4, -0.2) is 56.9 Å². The maximum absolute atomic E-state index is 12.6. The van der Waals surface area contributed by atoms with Gasteiger partial charge in [0.05, 0.1) is 29.6 Å². The summed E-state index contributed by atoms with van der Waals surface area (Å²) in [6.45, 7) is 6.33. The summed E-state index contributed by atoms with van der Waals surface area (Å²) in [7, 11) is 4.06. The molecule has 7 heteroatoms. The van der Waals surface area contributed by atoms with E-state index in [1.165, 1.54) is 4.88 Å². The van der Waals surface area contributed by atoms with Crippen LogP contribution in [0.3, 0.4) is 0 Å². The van der Waals surface area contributed by atoms with Gasteiger partial charge in [-0.1, -0.05) is 18.2 Å². The molecule has 1 saturated heterocycles. The van der Waals surface area contributed by atoms with Crippen LogP contribution in [0, 0.1) is 0 Å². The Morgan fingerprint density at radius 3 is 2.57 bits per heavy atom. The fourth-order valence-electron chi connectivity index (χ4n) is 3.60. The third kappa shape index (κ3) is 5.25. The molecule has 0 spiro atoms. The molecular formula is C21H30N4O2S. The lowest BCUT2D eigenvalue weighted by Crippen LogP contribution is -2.46. The van der Waals surface area contributed by atoms with Crippen molar-refractivity contribution in [2.75, 3.05) is 43.9 Å². The lowest BCUT2D eigenvalue weighted by Gasteiger charge is -2.37. The first kappa shape index (κ1) is 20.6. The van der Waals surface area contributed by atoms with Crippen molar-refractivity contribution in [3.8, 4) is 0 Å². The van der Waals surface area contributed by atoms with Crippen molar-refractivity contribution in [2.24, 2.45) is 0 Å². The van der Waals surface area contributed by atoms with Crippen molar-refractivity contribution in [3.05, 3.63) is 46.7 Å². The number of ether oxygens (including phenoxy) is 1. The van der Waals surface area contributed by atoms with E-state index >= 15 is 0 Å². The molecule has 1 aliphatic rings. The molecule has 1 aromatic heterocycles. The van der Waals surface area contributed by atoms with Gasteiger partial charge in [-0.15, -0.1) is 11.3 Å². The number of thiophene rings is 1. The minimum Gasteiger partial charge on any atom is -0.372 e. The molecular weight excluding hydrogens is 372 g/mol. The lowest BCUT2D eigenvalue weighted by molar-refractivity contribution is -0.00517. The van der Waals surface area contributed by atoms with Gasteiger partial charge in [-0.2, -0.15) is 0 Å². The number of benzene rings is 1. The molecule has 6 nitrogen and oxygen atoms in total. The van der Waals surface area contributed by atoms with E-state index in [-0.39, 0.29) is 24.3 Å².